The monoisotopic (exact) mass is 269 g/mol. The van der Waals surface area contributed by atoms with Gasteiger partial charge in [-0.25, -0.2) is 0 Å². The van der Waals surface area contributed by atoms with E-state index in [0.717, 1.165) is 32.4 Å². The lowest BCUT2D eigenvalue weighted by molar-refractivity contribution is -0.133. The highest BCUT2D eigenvalue weighted by atomic mass is 16.2. The molecule has 1 unspecified atom stereocenters. The molecule has 112 valence electrons. The number of hydrogen-bond donors (Lipinski definition) is 1. The van der Waals surface area contributed by atoms with Crippen molar-refractivity contribution in [2.45, 2.75) is 52.0 Å². The van der Waals surface area contributed by atoms with Crippen molar-refractivity contribution in [3.05, 3.63) is 0 Å². The molecule has 0 aliphatic carbocycles. The second-order valence-electron chi connectivity index (χ2n) is 6.77. The molecule has 1 heterocycles. The number of nitrogens with zero attached hydrogens (tertiary/aromatic N) is 2. The third-order valence-corrected chi connectivity index (χ3v) is 4.38. The van der Waals surface area contributed by atoms with Crippen molar-refractivity contribution in [3.63, 3.8) is 0 Å². The van der Waals surface area contributed by atoms with Crippen molar-refractivity contribution in [1.82, 2.24) is 9.80 Å². The molecular weight excluding hydrogens is 238 g/mol. The highest BCUT2D eigenvalue weighted by Crippen LogP contribution is 2.26. The third kappa shape index (κ3) is 5.49. The van der Waals surface area contributed by atoms with E-state index >= 15 is 0 Å². The first-order chi connectivity index (χ1) is 8.85. The van der Waals surface area contributed by atoms with Gasteiger partial charge in [-0.1, -0.05) is 13.8 Å². The number of amides is 1. The summed E-state index contributed by atoms with van der Waals surface area (Å²) in [6, 6.07) is 0.392. The molecule has 4 heteroatoms. The number of carbonyl (C=O) groups is 1. The van der Waals surface area contributed by atoms with Crippen molar-refractivity contribution >= 4 is 5.91 Å². The average Bonchev–Trinajstić information content (AvgIpc) is 2.35. The molecule has 0 saturated carbocycles. The van der Waals surface area contributed by atoms with E-state index in [-0.39, 0.29) is 11.3 Å². The lowest BCUT2D eigenvalue weighted by Gasteiger charge is -2.36. The van der Waals surface area contributed by atoms with Crippen LogP contribution in [0.2, 0.25) is 0 Å². The summed E-state index contributed by atoms with van der Waals surface area (Å²) >= 11 is 0. The minimum atomic E-state index is 0.175. The maximum atomic E-state index is 12.3. The largest absolute Gasteiger partial charge is 0.341 e. The molecule has 4 nitrogen and oxygen atoms in total. The zero-order chi connectivity index (χ0) is 14.5. The van der Waals surface area contributed by atoms with Crippen LogP contribution in [0.4, 0.5) is 0 Å². The molecule has 1 atom stereocenters. The van der Waals surface area contributed by atoms with Gasteiger partial charge < -0.3 is 15.5 Å². The molecule has 2 N–H and O–H groups in total. The smallest absolute Gasteiger partial charge is 0.222 e. The van der Waals surface area contributed by atoms with Crippen LogP contribution in [0.25, 0.3) is 0 Å². The van der Waals surface area contributed by atoms with Gasteiger partial charge in [0.15, 0.2) is 0 Å². The Hall–Kier alpha value is -0.610. The van der Waals surface area contributed by atoms with Crippen molar-refractivity contribution in [2.24, 2.45) is 11.1 Å². The summed E-state index contributed by atoms with van der Waals surface area (Å²) in [5.74, 6) is 0.283. The van der Waals surface area contributed by atoms with Crippen molar-refractivity contribution in [3.8, 4) is 0 Å². The van der Waals surface area contributed by atoms with E-state index < -0.39 is 0 Å². The van der Waals surface area contributed by atoms with Gasteiger partial charge >= 0.3 is 0 Å². The van der Waals surface area contributed by atoms with Crippen molar-refractivity contribution in [1.29, 1.82) is 0 Å². The van der Waals surface area contributed by atoms with Gasteiger partial charge in [-0.15, -0.1) is 0 Å². The topological polar surface area (TPSA) is 49.6 Å². The molecule has 1 rings (SSSR count). The summed E-state index contributed by atoms with van der Waals surface area (Å²) in [5.41, 5.74) is 5.79. The van der Waals surface area contributed by atoms with Crippen LogP contribution in [0.5, 0.6) is 0 Å². The Morgan fingerprint density at radius 1 is 1.42 bits per heavy atom. The van der Waals surface area contributed by atoms with Crippen LogP contribution in [0, 0.1) is 5.41 Å². The zero-order valence-electron chi connectivity index (χ0n) is 13.1. The molecule has 0 aromatic carbocycles. The van der Waals surface area contributed by atoms with Gasteiger partial charge in [0.05, 0.1) is 0 Å². The van der Waals surface area contributed by atoms with E-state index in [2.05, 4.69) is 25.8 Å². The molecule has 19 heavy (non-hydrogen) atoms. The van der Waals surface area contributed by atoms with E-state index in [9.17, 15) is 4.79 Å². The first-order valence-electron chi connectivity index (χ1n) is 7.50. The summed E-state index contributed by atoms with van der Waals surface area (Å²) in [6.07, 6.45) is 4.88. The highest BCUT2D eigenvalue weighted by molar-refractivity contribution is 5.76. The Morgan fingerprint density at radius 3 is 2.68 bits per heavy atom. The fourth-order valence-electron chi connectivity index (χ4n) is 2.80. The van der Waals surface area contributed by atoms with Crippen molar-refractivity contribution < 1.29 is 4.79 Å². The molecule has 0 aromatic heterocycles. The van der Waals surface area contributed by atoms with Crippen LogP contribution >= 0.6 is 0 Å². The molecule has 1 saturated heterocycles. The Bertz CT molecular complexity index is 291. The number of rotatable bonds is 6. The van der Waals surface area contributed by atoms with E-state index in [1.54, 1.807) is 0 Å². The zero-order valence-corrected chi connectivity index (χ0v) is 13.1. The van der Waals surface area contributed by atoms with Gasteiger partial charge in [0.25, 0.3) is 0 Å². The van der Waals surface area contributed by atoms with Crippen LogP contribution in [0.15, 0.2) is 0 Å². The van der Waals surface area contributed by atoms with Gasteiger partial charge in [-0.2, -0.15) is 0 Å². The number of likely N-dealkylation sites (N-methyl/N-ethyl adjacent to an activating group) is 2. The Kier molecular flexibility index (Phi) is 6.27. The van der Waals surface area contributed by atoms with Gasteiger partial charge in [0.2, 0.25) is 5.91 Å². The minimum absolute atomic E-state index is 0.175. The minimum Gasteiger partial charge on any atom is -0.341 e. The highest BCUT2D eigenvalue weighted by Gasteiger charge is 2.26. The number of hydrogen-bond acceptors (Lipinski definition) is 3. The quantitative estimate of drug-likeness (QED) is 0.798. The van der Waals surface area contributed by atoms with E-state index in [4.69, 9.17) is 5.73 Å². The number of carbonyl (C=O) groups excluding carboxylic acids is 1. The third-order valence-electron chi connectivity index (χ3n) is 4.38. The first kappa shape index (κ1) is 16.4. The summed E-state index contributed by atoms with van der Waals surface area (Å²) in [7, 11) is 4.09. The lowest BCUT2D eigenvalue weighted by atomic mass is 9.84. The molecule has 1 aliphatic rings. The molecular formula is C15H31N3O. The molecule has 0 aromatic rings. The van der Waals surface area contributed by atoms with Gasteiger partial charge in [0, 0.05) is 26.1 Å². The standard InChI is InChI=1S/C15H31N3O/c1-15(2,9-10-16)8-7-14(19)18(4)13-6-5-11-17(3)12-13/h13H,5-12,16H2,1-4H3. The Labute approximate surface area is 118 Å². The number of nitrogens with two attached hydrogens (primary N) is 1. The predicted octanol–water partition coefficient (Wildman–Crippen LogP) is 1.69. The second-order valence-corrected chi connectivity index (χ2v) is 6.77. The second kappa shape index (κ2) is 7.25. The van der Waals surface area contributed by atoms with Gasteiger partial charge in [0.1, 0.15) is 0 Å². The van der Waals surface area contributed by atoms with E-state index in [0.29, 0.717) is 19.0 Å². The maximum Gasteiger partial charge on any atom is 0.222 e. The van der Waals surface area contributed by atoms with Crippen molar-refractivity contribution in [2.75, 3.05) is 33.7 Å². The lowest BCUT2D eigenvalue weighted by Crippen LogP contribution is -2.47. The van der Waals surface area contributed by atoms with E-state index in [1.807, 2.05) is 11.9 Å². The predicted molar refractivity (Wildman–Crippen MR) is 80.0 cm³/mol. The Morgan fingerprint density at radius 2 is 2.11 bits per heavy atom. The average molecular weight is 269 g/mol. The van der Waals surface area contributed by atoms with Gasteiger partial charge in [-0.05, 0) is 51.2 Å². The fourth-order valence-corrected chi connectivity index (χ4v) is 2.80. The molecule has 1 fully saturated rings. The van der Waals surface area contributed by atoms with Crippen LogP contribution in [-0.4, -0.2) is 55.5 Å². The fraction of sp³-hybridized carbons (Fsp3) is 0.933. The van der Waals surface area contributed by atoms with Crippen LogP contribution in [0.3, 0.4) is 0 Å². The molecule has 0 bridgehead atoms. The molecule has 1 amide bonds. The van der Waals surface area contributed by atoms with Gasteiger partial charge in [-0.3, -0.25) is 4.79 Å². The summed E-state index contributed by atoms with van der Waals surface area (Å²) in [6.45, 7) is 7.25. The first-order valence-corrected chi connectivity index (χ1v) is 7.50. The number of likely N-dealkylation sites (tertiary alicyclic amines) is 1. The summed E-state index contributed by atoms with van der Waals surface area (Å²) < 4.78 is 0. The van der Waals surface area contributed by atoms with Crippen LogP contribution in [-0.2, 0) is 4.79 Å². The summed E-state index contributed by atoms with van der Waals surface area (Å²) in [4.78, 5) is 16.6. The number of piperidine rings is 1. The van der Waals surface area contributed by atoms with E-state index in [1.165, 1.54) is 6.42 Å². The van der Waals surface area contributed by atoms with Crippen LogP contribution in [0.1, 0.15) is 46.0 Å². The molecule has 0 spiro atoms. The normalized spacial score (nSPS) is 21.4. The summed E-state index contributed by atoms with van der Waals surface area (Å²) in [5, 5.41) is 0. The SMILES string of the molecule is CN1CCCC(N(C)C(=O)CCC(C)(C)CCN)C1. The Balaban J connectivity index is 2.40. The molecule has 0 radical (unpaired) electrons. The maximum absolute atomic E-state index is 12.3. The van der Waals surface area contributed by atoms with Crippen LogP contribution < -0.4 is 5.73 Å². The molecule has 1 aliphatic heterocycles.